The molecule has 0 saturated carbocycles. The fourth-order valence-corrected chi connectivity index (χ4v) is 2.24. The summed E-state index contributed by atoms with van der Waals surface area (Å²) in [6.45, 7) is 1.89. The van der Waals surface area contributed by atoms with Crippen LogP contribution in [-0.4, -0.2) is 38.6 Å². The highest BCUT2D eigenvalue weighted by atomic mass is 35.5. The predicted molar refractivity (Wildman–Crippen MR) is 88.2 cm³/mol. The number of halogens is 1. The van der Waals surface area contributed by atoms with E-state index in [9.17, 15) is 9.90 Å². The van der Waals surface area contributed by atoms with Crippen molar-refractivity contribution in [1.29, 1.82) is 0 Å². The summed E-state index contributed by atoms with van der Waals surface area (Å²) in [5, 5.41) is 9.24. The number of ether oxygens (including phenoxy) is 1. The maximum Gasteiger partial charge on any atom is 0.331 e. The molecule has 23 heavy (non-hydrogen) atoms. The predicted octanol–water partition coefficient (Wildman–Crippen LogP) is 3.07. The second-order valence-electron chi connectivity index (χ2n) is 4.95. The molecule has 0 aliphatic rings. The number of hydrogen-bond donors (Lipinski definition) is 1. The van der Waals surface area contributed by atoms with Crippen LogP contribution >= 0.6 is 11.6 Å². The maximum atomic E-state index is 11.3. The summed E-state index contributed by atoms with van der Waals surface area (Å²) in [5.41, 5.74) is 2.41. The van der Waals surface area contributed by atoms with Gasteiger partial charge in [0, 0.05) is 17.6 Å². The van der Waals surface area contributed by atoms with Gasteiger partial charge in [-0.05, 0) is 38.0 Å². The second kappa shape index (κ2) is 7.78. The van der Waals surface area contributed by atoms with Gasteiger partial charge in [-0.15, -0.1) is 11.6 Å². The smallest absolute Gasteiger partial charge is 0.331 e. The van der Waals surface area contributed by atoms with Crippen LogP contribution in [0, 0.1) is 6.92 Å². The number of carbonyl (C=O) groups is 1. The topological polar surface area (TPSA) is 77.2 Å². The highest BCUT2D eigenvalue weighted by molar-refractivity contribution is 6.17. The molecule has 6 nitrogen and oxygen atoms in total. The van der Waals surface area contributed by atoms with E-state index in [1.54, 1.807) is 23.0 Å². The van der Waals surface area contributed by atoms with E-state index in [4.69, 9.17) is 16.3 Å². The SMILES string of the molecule is COc1nc(C=C(CCCCl)C(=O)O)ccc1-n1cnc(C)c1. The first-order chi connectivity index (χ1) is 11.0. The van der Waals surface area contributed by atoms with Crippen LogP contribution in [0.15, 0.2) is 30.2 Å². The third kappa shape index (κ3) is 4.32. The minimum atomic E-state index is -0.967. The number of rotatable bonds is 7. The van der Waals surface area contributed by atoms with Gasteiger partial charge in [0.1, 0.15) is 5.69 Å². The van der Waals surface area contributed by atoms with Crippen LogP contribution in [-0.2, 0) is 4.79 Å². The molecule has 0 aliphatic heterocycles. The molecular weight excluding hydrogens is 318 g/mol. The Labute approximate surface area is 139 Å². The number of imidazole rings is 1. The molecule has 0 saturated heterocycles. The molecule has 2 aromatic rings. The molecule has 1 N–H and O–H groups in total. The van der Waals surface area contributed by atoms with Crippen molar-refractivity contribution in [1.82, 2.24) is 14.5 Å². The van der Waals surface area contributed by atoms with Crippen LogP contribution in [0.25, 0.3) is 11.8 Å². The maximum absolute atomic E-state index is 11.3. The second-order valence-corrected chi connectivity index (χ2v) is 5.33. The molecule has 0 unspecified atom stereocenters. The summed E-state index contributed by atoms with van der Waals surface area (Å²) in [6.07, 6.45) is 6.07. The quantitative estimate of drug-likeness (QED) is 0.621. The van der Waals surface area contributed by atoms with Crippen molar-refractivity contribution >= 4 is 23.6 Å². The van der Waals surface area contributed by atoms with Gasteiger partial charge in [0.15, 0.2) is 0 Å². The Bertz CT molecular complexity index is 725. The van der Waals surface area contributed by atoms with Gasteiger partial charge in [0.25, 0.3) is 0 Å². The summed E-state index contributed by atoms with van der Waals surface area (Å²) in [6, 6.07) is 3.57. The van der Waals surface area contributed by atoms with Crippen molar-refractivity contribution in [2.24, 2.45) is 0 Å². The van der Waals surface area contributed by atoms with Gasteiger partial charge in [-0.2, -0.15) is 0 Å². The molecular formula is C16H18ClN3O3. The number of pyridine rings is 1. The lowest BCUT2D eigenvalue weighted by Gasteiger charge is -2.09. The average Bonchev–Trinajstić information content (AvgIpc) is 2.97. The van der Waals surface area contributed by atoms with Gasteiger partial charge < -0.3 is 14.4 Å². The fraction of sp³-hybridized carbons (Fsp3) is 0.312. The van der Waals surface area contributed by atoms with E-state index in [0.717, 1.165) is 11.4 Å². The summed E-state index contributed by atoms with van der Waals surface area (Å²) in [7, 11) is 1.52. The lowest BCUT2D eigenvalue weighted by atomic mass is 10.1. The number of aliphatic carboxylic acids is 1. The number of hydrogen-bond acceptors (Lipinski definition) is 4. The highest BCUT2D eigenvalue weighted by Crippen LogP contribution is 2.22. The van der Waals surface area contributed by atoms with Gasteiger partial charge in [-0.3, -0.25) is 0 Å². The third-order valence-electron chi connectivity index (χ3n) is 3.22. The van der Waals surface area contributed by atoms with E-state index < -0.39 is 5.97 Å². The van der Waals surface area contributed by atoms with E-state index in [0.29, 0.717) is 30.3 Å². The van der Waals surface area contributed by atoms with E-state index >= 15 is 0 Å². The Hall–Kier alpha value is -2.34. The first-order valence-electron chi connectivity index (χ1n) is 7.11. The van der Waals surface area contributed by atoms with Crippen LogP contribution in [0.4, 0.5) is 0 Å². The van der Waals surface area contributed by atoms with E-state index in [1.807, 2.05) is 19.2 Å². The average molecular weight is 336 g/mol. The zero-order valence-electron chi connectivity index (χ0n) is 13.0. The molecule has 7 heteroatoms. The molecule has 0 atom stereocenters. The molecule has 2 rings (SSSR count). The fourth-order valence-electron chi connectivity index (χ4n) is 2.10. The molecule has 0 amide bonds. The van der Waals surface area contributed by atoms with Gasteiger partial charge in [-0.25, -0.2) is 14.8 Å². The van der Waals surface area contributed by atoms with Crippen molar-refractivity contribution in [3.05, 3.63) is 41.6 Å². The minimum Gasteiger partial charge on any atom is -0.479 e. The lowest BCUT2D eigenvalue weighted by Crippen LogP contribution is -2.03. The third-order valence-corrected chi connectivity index (χ3v) is 3.49. The molecule has 0 aliphatic carbocycles. The molecule has 0 aromatic carbocycles. The first kappa shape index (κ1) is 17.0. The van der Waals surface area contributed by atoms with Gasteiger partial charge in [0.05, 0.1) is 24.8 Å². The van der Waals surface area contributed by atoms with Crippen molar-refractivity contribution in [3.63, 3.8) is 0 Å². The van der Waals surface area contributed by atoms with Gasteiger partial charge >= 0.3 is 5.97 Å². The molecule has 2 aromatic heterocycles. The lowest BCUT2D eigenvalue weighted by molar-refractivity contribution is -0.132. The Morgan fingerprint density at radius 2 is 2.26 bits per heavy atom. The van der Waals surface area contributed by atoms with E-state index in [1.165, 1.54) is 7.11 Å². The van der Waals surface area contributed by atoms with Crippen LogP contribution in [0.1, 0.15) is 24.2 Å². The van der Waals surface area contributed by atoms with Gasteiger partial charge in [-0.1, -0.05) is 0 Å². The molecule has 0 bridgehead atoms. The van der Waals surface area contributed by atoms with Crippen LogP contribution in [0.2, 0.25) is 0 Å². The molecule has 2 heterocycles. The van der Waals surface area contributed by atoms with E-state index in [2.05, 4.69) is 9.97 Å². The number of nitrogens with zero attached hydrogens (tertiary/aromatic N) is 3. The molecule has 0 spiro atoms. The monoisotopic (exact) mass is 335 g/mol. The minimum absolute atomic E-state index is 0.270. The number of alkyl halides is 1. The Kier molecular flexibility index (Phi) is 5.76. The van der Waals surface area contributed by atoms with Crippen molar-refractivity contribution in [3.8, 4) is 11.6 Å². The van der Waals surface area contributed by atoms with Crippen molar-refractivity contribution in [2.75, 3.05) is 13.0 Å². The van der Waals surface area contributed by atoms with Crippen molar-refractivity contribution < 1.29 is 14.6 Å². The van der Waals surface area contributed by atoms with Crippen LogP contribution < -0.4 is 4.74 Å². The summed E-state index contributed by atoms with van der Waals surface area (Å²) < 4.78 is 7.12. The highest BCUT2D eigenvalue weighted by Gasteiger charge is 2.11. The molecule has 0 fully saturated rings. The molecule has 0 radical (unpaired) electrons. The first-order valence-corrected chi connectivity index (χ1v) is 7.64. The standard InChI is InChI=1S/C16H18ClN3O3/c1-11-9-20(10-18-11)14-6-5-13(19-15(14)23-2)8-12(16(21)22)4-3-7-17/h5-6,8-10H,3-4,7H2,1-2H3,(H,21,22). The van der Waals surface area contributed by atoms with Crippen LogP contribution in [0.5, 0.6) is 5.88 Å². The zero-order valence-corrected chi connectivity index (χ0v) is 13.7. The number of aryl methyl sites for hydroxylation is 1. The normalized spacial score (nSPS) is 11.5. The summed E-state index contributed by atoms with van der Waals surface area (Å²) in [4.78, 5) is 19.8. The van der Waals surface area contributed by atoms with E-state index in [-0.39, 0.29) is 5.57 Å². The summed E-state index contributed by atoms with van der Waals surface area (Å²) in [5.74, 6) is -0.149. The zero-order chi connectivity index (χ0) is 16.8. The largest absolute Gasteiger partial charge is 0.479 e. The molecule has 122 valence electrons. The Morgan fingerprint density at radius 1 is 1.48 bits per heavy atom. The Morgan fingerprint density at radius 3 is 2.83 bits per heavy atom. The number of carboxylic acids is 1. The number of methoxy groups -OCH3 is 1. The Balaban J connectivity index is 2.36. The number of aromatic nitrogens is 3. The van der Waals surface area contributed by atoms with Gasteiger partial charge in [0.2, 0.25) is 5.88 Å². The van der Waals surface area contributed by atoms with Crippen molar-refractivity contribution in [2.45, 2.75) is 19.8 Å². The van der Waals surface area contributed by atoms with Crippen LogP contribution in [0.3, 0.4) is 0 Å². The summed E-state index contributed by atoms with van der Waals surface area (Å²) >= 11 is 5.63. The number of carboxylic acid groups (broad SMARTS) is 1.